The number of halogens is 1. The van der Waals surface area contributed by atoms with Crippen LogP contribution in [0, 0.1) is 51.1 Å². The van der Waals surface area contributed by atoms with Crippen molar-refractivity contribution in [3.8, 4) is 18.2 Å². The van der Waals surface area contributed by atoms with Gasteiger partial charge in [-0.15, -0.1) is 0 Å². The quantitative estimate of drug-likeness (QED) is 0.857. The fourth-order valence-corrected chi connectivity index (χ4v) is 3.98. The van der Waals surface area contributed by atoms with Crippen molar-refractivity contribution in [1.82, 2.24) is 0 Å². The molecule has 0 unspecified atom stereocenters. The van der Waals surface area contributed by atoms with Crippen molar-refractivity contribution in [1.29, 1.82) is 15.8 Å². The van der Waals surface area contributed by atoms with E-state index in [1.54, 1.807) is 12.1 Å². The highest BCUT2D eigenvalue weighted by Crippen LogP contribution is 2.56. The summed E-state index contributed by atoms with van der Waals surface area (Å²) in [5.74, 6) is -1.21. The van der Waals surface area contributed by atoms with E-state index in [1.165, 1.54) is 12.1 Å². The predicted octanol–water partition coefficient (Wildman–Crippen LogP) is 3.42. The molecule has 24 heavy (non-hydrogen) atoms. The first-order chi connectivity index (χ1) is 11.6. The second-order valence-corrected chi connectivity index (χ2v) is 6.16. The fraction of sp³-hybridized carbons (Fsp3) is 0.316. The van der Waals surface area contributed by atoms with Crippen molar-refractivity contribution >= 4 is 0 Å². The lowest BCUT2D eigenvalue weighted by Crippen LogP contribution is -2.41. The molecule has 0 saturated heterocycles. The minimum Gasteiger partial charge on any atom is -0.398 e. The van der Waals surface area contributed by atoms with Crippen LogP contribution in [0.2, 0.25) is 0 Å². The van der Waals surface area contributed by atoms with E-state index < -0.39 is 17.2 Å². The van der Waals surface area contributed by atoms with E-state index in [1.807, 2.05) is 24.3 Å². The number of hydrogen-bond donors (Lipinski definition) is 1. The van der Waals surface area contributed by atoms with Crippen molar-refractivity contribution in [2.75, 3.05) is 0 Å². The largest absolute Gasteiger partial charge is 0.398 e. The van der Waals surface area contributed by atoms with E-state index in [0.717, 1.165) is 24.8 Å². The minimum absolute atomic E-state index is 0.0221. The second-order valence-electron chi connectivity index (χ2n) is 6.16. The smallest absolute Gasteiger partial charge is 0.187 e. The maximum atomic E-state index is 13.8. The third-order valence-corrected chi connectivity index (χ3v) is 5.00. The molecule has 0 amide bonds. The topological polar surface area (TPSA) is 97.4 Å². The second kappa shape index (κ2) is 5.84. The Kier molecular flexibility index (Phi) is 3.84. The molecule has 1 aromatic carbocycles. The minimum atomic E-state index is -1.70. The maximum absolute atomic E-state index is 13.8. The lowest BCUT2D eigenvalue weighted by Gasteiger charge is -2.43. The lowest BCUT2D eigenvalue weighted by molar-refractivity contribution is 0.321. The summed E-state index contributed by atoms with van der Waals surface area (Å²) in [6.07, 6.45) is 4.47. The highest BCUT2D eigenvalue weighted by atomic mass is 19.1. The van der Waals surface area contributed by atoms with Crippen molar-refractivity contribution in [3.63, 3.8) is 0 Å². The molecule has 3 rings (SSSR count). The van der Waals surface area contributed by atoms with Gasteiger partial charge in [-0.05, 0) is 48.4 Å². The van der Waals surface area contributed by atoms with Crippen LogP contribution in [0.3, 0.4) is 0 Å². The maximum Gasteiger partial charge on any atom is 0.187 e. The van der Waals surface area contributed by atoms with Gasteiger partial charge in [-0.25, -0.2) is 4.39 Å². The van der Waals surface area contributed by atoms with E-state index in [2.05, 4.69) is 0 Å². The van der Waals surface area contributed by atoms with Gasteiger partial charge >= 0.3 is 0 Å². The Morgan fingerprint density at radius 1 is 1.21 bits per heavy atom. The molecule has 0 radical (unpaired) electrons. The number of allylic oxidation sites excluding steroid dienone is 3. The zero-order chi connectivity index (χ0) is 17.3. The molecule has 0 spiro atoms. The molecule has 0 aromatic heterocycles. The van der Waals surface area contributed by atoms with E-state index in [9.17, 15) is 20.2 Å². The van der Waals surface area contributed by atoms with Crippen molar-refractivity contribution < 1.29 is 4.39 Å². The normalized spacial score (nSPS) is 24.8. The van der Waals surface area contributed by atoms with E-state index in [-0.39, 0.29) is 17.2 Å². The van der Waals surface area contributed by atoms with Crippen LogP contribution < -0.4 is 5.73 Å². The van der Waals surface area contributed by atoms with Crippen LogP contribution in [0.4, 0.5) is 4.39 Å². The van der Waals surface area contributed by atoms with Crippen LogP contribution in [0.1, 0.15) is 30.7 Å². The first-order valence-corrected chi connectivity index (χ1v) is 7.77. The summed E-state index contributed by atoms with van der Waals surface area (Å²) < 4.78 is 13.8. The molecule has 5 heteroatoms. The Bertz CT molecular complexity index is 862. The van der Waals surface area contributed by atoms with Crippen LogP contribution in [-0.4, -0.2) is 0 Å². The van der Waals surface area contributed by atoms with Gasteiger partial charge in [0.25, 0.3) is 0 Å². The molecule has 0 saturated carbocycles. The van der Waals surface area contributed by atoms with Crippen LogP contribution in [0.25, 0.3) is 0 Å². The van der Waals surface area contributed by atoms with Crippen molar-refractivity contribution in [2.45, 2.75) is 25.2 Å². The van der Waals surface area contributed by atoms with Crippen LogP contribution in [-0.2, 0) is 0 Å². The molecule has 2 N–H and O–H groups in total. The zero-order valence-corrected chi connectivity index (χ0v) is 13.0. The van der Waals surface area contributed by atoms with Gasteiger partial charge < -0.3 is 5.73 Å². The molecule has 1 aromatic rings. The number of nitriles is 3. The molecule has 2 aliphatic carbocycles. The first kappa shape index (κ1) is 15.8. The SMILES string of the molecule is N#CC1=C(N)C2=CCCC[C@@H]2[C@@H](c2cccc(F)c2)C1(C#N)C#N. The predicted molar refractivity (Wildman–Crippen MR) is 85.1 cm³/mol. The summed E-state index contributed by atoms with van der Waals surface area (Å²) in [5, 5.41) is 29.2. The first-order valence-electron chi connectivity index (χ1n) is 7.77. The number of nitrogens with two attached hydrogens (primary N) is 1. The Morgan fingerprint density at radius 3 is 2.58 bits per heavy atom. The standard InChI is InChI=1S/C19H15FN4/c20-13-5-3-4-12(8-13)17-14-6-1-2-7-15(14)18(24)16(9-21)19(17,10-22)11-23/h3-5,7-8,14,17H,1-2,6,24H2/t14-,17+/m0/s1. The van der Waals surface area contributed by atoms with Gasteiger partial charge in [-0.1, -0.05) is 18.2 Å². The van der Waals surface area contributed by atoms with E-state index >= 15 is 0 Å². The molecule has 118 valence electrons. The number of fused-ring (bicyclic) bond motifs is 1. The van der Waals surface area contributed by atoms with Gasteiger partial charge in [0.05, 0.1) is 29.5 Å². The summed E-state index contributed by atoms with van der Waals surface area (Å²) in [6.45, 7) is 0. The van der Waals surface area contributed by atoms with Crippen LogP contribution >= 0.6 is 0 Å². The summed E-state index contributed by atoms with van der Waals surface area (Å²) in [6, 6.07) is 12.0. The summed E-state index contributed by atoms with van der Waals surface area (Å²) in [4.78, 5) is 0. The molecular weight excluding hydrogens is 303 g/mol. The summed E-state index contributed by atoms with van der Waals surface area (Å²) in [7, 11) is 0. The van der Waals surface area contributed by atoms with Gasteiger partial charge in [0, 0.05) is 5.92 Å². The van der Waals surface area contributed by atoms with Crippen LogP contribution in [0.5, 0.6) is 0 Å². The van der Waals surface area contributed by atoms with Crippen molar-refractivity contribution in [3.05, 3.63) is 58.6 Å². The molecule has 2 aliphatic rings. The molecule has 0 fully saturated rings. The average molecular weight is 318 g/mol. The molecule has 4 nitrogen and oxygen atoms in total. The van der Waals surface area contributed by atoms with Crippen molar-refractivity contribution in [2.24, 2.45) is 17.1 Å². The highest BCUT2D eigenvalue weighted by Gasteiger charge is 2.54. The third kappa shape index (κ3) is 2.08. The number of benzene rings is 1. The zero-order valence-electron chi connectivity index (χ0n) is 13.0. The fourth-order valence-electron chi connectivity index (χ4n) is 3.98. The Labute approximate surface area is 139 Å². The molecule has 0 aliphatic heterocycles. The van der Waals surface area contributed by atoms with Gasteiger partial charge in [-0.2, -0.15) is 15.8 Å². The van der Waals surface area contributed by atoms with Gasteiger partial charge in [0.2, 0.25) is 0 Å². The number of rotatable bonds is 1. The van der Waals surface area contributed by atoms with Gasteiger partial charge in [0.15, 0.2) is 5.41 Å². The lowest BCUT2D eigenvalue weighted by atomic mass is 9.56. The highest BCUT2D eigenvalue weighted by molar-refractivity contribution is 5.59. The number of hydrogen-bond acceptors (Lipinski definition) is 4. The third-order valence-electron chi connectivity index (χ3n) is 5.00. The van der Waals surface area contributed by atoms with E-state index in [0.29, 0.717) is 5.56 Å². The van der Waals surface area contributed by atoms with Gasteiger partial charge in [0.1, 0.15) is 5.82 Å². The molecular formula is C19H15FN4. The molecule has 2 atom stereocenters. The van der Waals surface area contributed by atoms with Gasteiger partial charge in [-0.3, -0.25) is 0 Å². The monoisotopic (exact) mass is 318 g/mol. The average Bonchev–Trinajstić information content (AvgIpc) is 2.61. The molecule has 0 heterocycles. The van der Waals surface area contributed by atoms with Crippen LogP contribution in [0.15, 0.2) is 47.2 Å². The summed E-state index contributed by atoms with van der Waals surface area (Å²) in [5.41, 5.74) is 6.03. The Morgan fingerprint density at radius 2 is 1.96 bits per heavy atom. The Hall–Kier alpha value is -3.10. The number of nitrogens with zero attached hydrogens (tertiary/aromatic N) is 3. The Balaban J connectivity index is 2.35. The molecule has 0 bridgehead atoms. The summed E-state index contributed by atoms with van der Waals surface area (Å²) >= 11 is 0. The van der Waals surface area contributed by atoms with E-state index in [4.69, 9.17) is 5.73 Å².